The summed E-state index contributed by atoms with van der Waals surface area (Å²) in [4.78, 5) is 37.8. The average Bonchev–Trinajstić information content (AvgIpc) is 3.23. The van der Waals surface area contributed by atoms with Crippen molar-refractivity contribution < 1.29 is 28.6 Å². The highest BCUT2D eigenvalue weighted by Gasteiger charge is 2.19. The Labute approximate surface area is 362 Å². The van der Waals surface area contributed by atoms with E-state index in [-0.39, 0.29) is 31.1 Å². The van der Waals surface area contributed by atoms with Gasteiger partial charge in [0.1, 0.15) is 13.2 Å². The molecule has 6 heteroatoms. The minimum atomic E-state index is -0.799. The van der Waals surface area contributed by atoms with Crippen LogP contribution in [-0.2, 0) is 28.6 Å². The van der Waals surface area contributed by atoms with Gasteiger partial charge < -0.3 is 14.2 Å². The van der Waals surface area contributed by atoms with Gasteiger partial charge >= 0.3 is 17.9 Å². The zero-order valence-corrected chi connectivity index (χ0v) is 38.0. The van der Waals surface area contributed by atoms with Gasteiger partial charge in [-0.2, -0.15) is 0 Å². The summed E-state index contributed by atoms with van der Waals surface area (Å²) in [5, 5.41) is 0. The van der Waals surface area contributed by atoms with Gasteiger partial charge in [0, 0.05) is 19.3 Å². The third-order valence-electron chi connectivity index (χ3n) is 9.65. The maximum absolute atomic E-state index is 12.7. The smallest absolute Gasteiger partial charge is 0.306 e. The van der Waals surface area contributed by atoms with Crippen LogP contribution in [0.25, 0.3) is 0 Å². The SMILES string of the molecule is CC\C=C/C=C\C=C/CCCCCCCC(=O)OC(COC(=O)CCCCC/C=C\C/C=C\C/C=C\C/C=C\C/C=C\CC)COC(=O)CCCCCCCCCCC. The first-order valence-electron chi connectivity index (χ1n) is 23.8. The highest BCUT2D eigenvalue weighted by Crippen LogP contribution is 2.13. The monoisotopic (exact) mass is 819 g/mol. The maximum atomic E-state index is 12.7. The molecule has 6 nitrogen and oxygen atoms in total. The Kier molecular flexibility index (Phi) is 44.1. The van der Waals surface area contributed by atoms with Crippen molar-refractivity contribution in [1.29, 1.82) is 0 Å². The molecule has 0 aromatic heterocycles. The maximum Gasteiger partial charge on any atom is 0.306 e. The average molecular weight is 819 g/mol. The molecule has 0 aliphatic carbocycles. The highest BCUT2D eigenvalue weighted by molar-refractivity contribution is 5.71. The number of carbonyl (C=O) groups is 3. The van der Waals surface area contributed by atoms with E-state index in [0.717, 1.165) is 122 Å². The zero-order chi connectivity index (χ0) is 43.0. The summed E-state index contributed by atoms with van der Waals surface area (Å²) < 4.78 is 16.7. The molecule has 334 valence electrons. The molecule has 0 radical (unpaired) electrons. The predicted molar refractivity (Wildman–Crippen MR) is 251 cm³/mol. The van der Waals surface area contributed by atoms with E-state index in [2.05, 4.69) is 112 Å². The van der Waals surface area contributed by atoms with Crippen molar-refractivity contribution in [3.05, 3.63) is 97.2 Å². The van der Waals surface area contributed by atoms with Crippen LogP contribution in [-0.4, -0.2) is 37.2 Å². The second-order valence-corrected chi connectivity index (χ2v) is 15.3. The van der Waals surface area contributed by atoms with Crippen molar-refractivity contribution >= 4 is 17.9 Å². The summed E-state index contributed by atoms with van der Waals surface area (Å²) in [6, 6.07) is 0. The molecule has 1 unspecified atom stereocenters. The lowest BCUT2D eigenvalue weighted by Crippen LogP contribution is -2.30. The van der Waals surface area contributed by atoms with E-state index in [0.29, 0.717) is 19.3 Å². The molecule has 0 N–H and O–H groups in total. The summed E-state index contributed by atoms with van der Waals surface area (Å²) in [5.41, 5.74) is 0. The molecule has 0 saturated heterocycles. The molecule has 0 saturated carbocycles. The lowest BCUT2D eigenvalue weighted by molar-refractivity contribution is -0.167. The zero-order valence-electron chi connectivity index (χ0n) is 38.0. The van der Waals surface area contributed by atoms with Crippen LogP contribution in [0.5, 0.6) is 0 Å². The predicted octanol–water partition coefficient (Wildman–Crippen LogP) is 15.4. The number of carbonyl (C=O) groups excluding carboxylic acids is 3. The third kappa shape index (κ3) is 45.3. The van der Waals surface area contributed by atoms with Gasteiger partial charge in [0.15, 0.2) is 6.10 Å². The second kappa shape index (κ2) is 47.0. The van der Waals surface area contributed by atoms with Crippen molar-refractivity contribution in [3.8, 4) is 0 Å². The van der Waals surface area contributed by atoms with Gasteiger partial charge in [-0.25, -0.2) is 0 Å². The Hall–Kier alpha value is -3.67. The first-order valence-corrected chi connectivity index (χ1v) is 23.8. The number of esters is 3. The fourth-order valence-electron chi connectivity index (χ4n) is 6.11. The molecule has 0 aromatic carbocycles. The molecule has 0 amide bonds. The molecular formula is C53H86O6. The van der Waals surface area contributed by atoms with Gasteiger partial charge in [-0.1, -0.05) is 195 Å². The number of allylic oxidation sites excluding steroid dienone is 16. The van der Waals surface area contributed by atoms with Gasteiger partial charge in [0.2, 0.25) is 0 Å². The van der Waals surface area contributed by atoms with E-state index in [4.69, 9.17) is 14.2 Å². The Balaban J connectivity index is 4.44. The molecule has 0 bridgehead atoms. The number of unbranched alkanes of at least 4 members (excludes halogenated alkanes) is 16. The van der Waals surface area contributed by atoms with E-state index in [1.165, 1.54) is 38.5 Å². The highest BCUT2D eigenvalue weighted by atomic mass is 16.6. The quantitative estimate of drug-likeness (QED) is 0.0201. The molecule has 0 aliphatic rings. The van der Waals surface area contributed by atoms with Crippen LogP contribution in [0.4, 0.5) is 0 Å². The first kappa shape index (κ1) is 55.3. The van der Waals surface area contributed by atoms with Crippen LogP contribution in [0.3, 0.4) is 0 Å². The third-order valence-corrected chi connectivity index (χ3v) is 9.65. The number of hydrogen-bond acceptors (Lipinski definition) is 6. The van der Waals surface area contributed by atoms with Crippen molar-refractivity contribution in [1.82, 2.24) is 0 Å². The summed E-state index contributed by atoms with van der Waals surface area (Å²) in [6.45, 7) is 6.30. The number of ether oxygens (including phenoxy) is 3. The molecular weight excluding hydrogens is 733 g/mol. The van der Waals surface area contributed by atoms with Crippen molar-refractivity contribution in [2.24, 2.45) is 0 Å². The normalized spacial score (nSPS) is 12.9. The Morgan fingerprint density at radius 1 is 0.373 bits per heavy atom. The minimum Gasteiger partial charge on any atom is -0.462 e. The molecule has 59 heavy (non-hydrogen) atoms. The van der Waals surface area contributed by atoms with Gasteiger partial charge in [-0.15, -0.1) is 0 Å². The van der Waals surface area contributed by atoms with Crippen molar-refractivity contribution in [2.75, 3.05) is 13.2 Å². The molecule has 0 rings (SSSR count). The Morgan fingerprint density at radius 2 is 0.746 bits per heavy atom. The van der Waals surface area contributed by atoms with E-state index < -0.39 is 6.10 Å². The van der Waals surface area contributed by atoms with E-state index in [1.54, 1.807) is 0 Å². The number of rotatable bonds is 41. The van der Waals surface area contributed by atoms with Crippen LogP contribution < -0.4 is 0 Å². The number of hydrogen-bond donors (Lipinski definition) is 0. The fraction of sp³-hybridized carbons (Fsp3) is 0.642. The lowest BCUT2D eigenvalue weighted by Gasteiger charge is -2.18. The lowest BCUT2D eigenvalue weighted by atomic mass is 10.1. The first-order chi connectivity index (χ1) is 29.0. The van der Waals surface area contributed by atoms with Crippen LogP contribution >= 0.6 is 0 Å². The summed E-state index contributed by atoms with van der Waals surface area (Å²) in [5.74, 6) is -0.962. The van der Waals surface area contributed by atoms with E-state index in [9.17, 15) is 14.4 Å². The van der Waals surface area contributed by atoms with E-state index >= 15 is 0 Å². The molecule has 0 aliphatic heterocycles. The van der Waals surface area contributed by atoms with Gasteiger partial charge in [-0.05, 0) is 83.5 Å². The van der Waals surface area contributed by atoms with Crippen molar-refractivity contribution in [2.45, 2.75) is 207 Å². The minimum absolute atomic E-state index is 0.0971. The van der Waals surface area contributed by atoms with Crippen LogP contribution in [0.2, 0.25) is 0 Å². The van der Waals surface area contributed by atoms with Crippen LogP contribution in [0.1, 0.15) is 201 Å². The molecule has 1 atom stereocenters. The summed E-state index contributed by atoms with van der Waals surface area (Å²) >= 11 is 0. The van der Waals surface area contributed by atoms with Gasteiger partial charge in [-0.3, -0.25) is 14.4 Å². The summed E-state index contributed by atoms with van der Waals surface area (Å²) in [6.07, 6.45) is 61.1. The molecule has 0 spiro atoms. The van der Waals surface area contributed by atoms with Gasteiger partial charge in [0.05, 0.1) is 0 Å². The molecule has 0 fully saturated rings. The summed E-state index contributed by atoms with van der Waals surface area (Å²) in [7, 11) is 0. The largest absolute Gasteiger partial charge is 0.462 e. The van der Waals surface area contributed by atoms with Crippen LogP contribution in [0, 0.1) is 0 Å². The topological polar surface area (TPSA) is 78.9 Å². The standard InChI is InChI=1S/C53H86O6/c1-4-7-10-13-16-19-21-23-24-25-26-27-28-30-31-34-37-40-43-46-52(55)58-49-50(48-57-51(54)45-42-39-36-33-18-15-12-9-6-3)59-53(56)47-44-41-38-35-32-29-22-20-17-14-11-8-5-2/h7-8,10-11,14,16-17,19-20,22-24,26-27,30-31,50H,4-6,9,12-13,15,18,21,25,28-29,32-49H2,1-3H3/b10-7-,11-8-,17-14-,19-16-,22-20-,24-23-,27-26-,31-30-. The molecule has 0 heterocycles. The van der Waals surface area contributed by atoms with Crippen molar-refractivity contribution in [3.63, 3.8) is 0 Å². The van der Waals surface area contributed by atoms with Crippen LogP contribution in [0.15, 0.2) is 97.2 Å². The van der Waals surface area contributed by atoms with E-state index in [1.807, 2.05) is 6.08 Å². The second-order valence-electron chi connectivity index (χ2n) is 15.3. The molecule has 0 aromatic rings. The fourth-order valence-corrected chi connectivity index (χ4v) is 6.11. The Morgan fingerprint density at radius 3 is 1.24 bits per heavy atom. The van der Waals surface area contributed by atoms with Gasteiger partial charge in [0.25, 0.3) is 0 Å². The Bertz CT molecular complexity index is 1220.